The molecule has 2 N–H and O–H groups in total. The SMILES string of the molecule is Nc1cccc(CC(=O)c2ccccc2)c1. The molecule has 0 atom stereocenters. The zero-order chi connectivity index (χ0) is 11.4. The molecule has 2 heteroatoms. The van der Waals surface area contributed by atoms with E-state index in [-0.39, 0.29) is 5.78 Å². The Hall–Kier alpha value is -2.09. The Bertz CT molecular complexity index is 491. The lowest BCUT2D eigenvalue weighted by molar-refractivity contribution is 0.0993. The van der Waals surface area contributed by atoms with Crippen LogP contribution in [0.15, 0.2) is 54.6 Å². The molecular weight excluding hydrogens is 198 g/mol. The molecule has 16 heavy (non-hydrogen) atoms. The largest absolute Gasteiger partial charge is 0.399 e. The van der Waals surface area contributed by atoms with E-state index in [1.807, 2.05) is 54.6 Å². The second kappa shape index (κ2) is 4.62. The van der Waals surface area contributed by atoms with Gasteiger partial charge in [-0.2, -0.15) is 0 Å². The number of carbonyl (C=O) groups excluding carboxylic acids is 1. The fourth-order valence-corrected chi connectivity index (χ4v) is 1.61. The van der Waals surface area contributed by atoms with E-state index in [4.69, 9.17) is 5.73 Å². The third-order valence-electron chi connectivity index (χ3n) is 2.41. The molecule has 0 saturated carbocycles. The van der Waals surface area contributed by atoms with Crippen LogP contribution in [0.25, 0.3) is 0 Å². The molecule has 0 aliphatic rings. The van der Waals surface area contributed by atoms with Crippen molar-refractivity contribution in [3.8, 4) is 0 Å². The molecule has 2 rings (SSSR count). The number of hydrogen-bond donors (Lipinski definition) is 1. The number of rotatable bonds is 3. The smallest absolute Gasteiger partial charge is 0.167 e. The highest BCUT2D eigenvalue weighted by atomic mass is 16.1. The number of Topliss-reactive ketones (excluding diaryl/α,β-unsaturated/α-hetero) is 1. The van der Waals surface area contributed by atoms with Gasteiger partial charge >= 0.3 is 0 Å². The average Bonchev–Trinajstić information content (AvgIpc) is 2.30. The Morgan fingerprint density at radius 2 is 1.75 bits per heavy atom. The Morgan fingerprint density at radius 1 is 1.00 bits per heavy atom. The minimum atomic E-state index is 0.117. The molecule has 2 aromatic carbocycles. The van der Waals surface area contributed by atoms with Gasteiger partial charge in [-0.3, -0.25) is 4.79 Å². The van der Waals surface area contributed by atoms with Crippen LogP contribution >= 0.6 is 0 Å². The van der Waals surface area contributed by atoms with Crippen molar-refractivity contribution in [3.63, 3.8) is 0 Å². The van der Waals surface area contributed by atoms with Gasteiger partial charge in [0.25, 0.3) is 0 Å². The van der Waals surface area contributed by atoms with E-state index in [9.17, 15) is 4.79 Å². The van der Waals surface area contributed by atoms with Gasteiger partial charge in [0.1, 0.15) is 0 Å². The van der Waals surface area contributed by atoms with E-state index >= 15 is 0 Å². The van der Waals surface area contributed by atoms with Crippen LogP contribution < -0.4 is 5.73 Å². The van der Waals surface area contributed by atoms with E-state index in [0.717, 1.165) is 11.1 Å². The van der Waals surface area contributed by atoms with Crippen molar-refractivity contribution in [2.45, 2.75) is 6.42 Å². The molecule has 0 unspecified atom stereocenters. The fraction of sp³-hybridized carbons (Fsp3) is 0.0714. The fourth-order valence-electron chi connectivity index (χ4n) is 1.61. The minimum Gasteiger partial charge on any atom is -0.399 e. The number of anilines is 1. The van der Waals surface area contributed by atoms with Gasteiger partial charge in [0.05, 0.1) is 0 Å². The number of nitrogen functional groups attached to an aromatic ring is 1. The average molecular weight is 211 g/mol. The molecule has 2 nitrogen and oxygen atoms in total. The highest BCUT2D eigenvalue weighted by Crippen LogP contribution is 2.10. The first kappa shape index (κ1) is 10.4. The van der Waals surface area contributed by atoms with Gasteiger partial charge in [0.15, 0.2) is 5.78 Å². The van der Waals surface area contributed by atoms with Crippen LogP contribution in [-0.4, -0.2) is 5.78 Å². The van der Waals surface area contributed by atoms with E-state index < -0.39 is 0 Å². The highest BCUT2D eigenvalue weighted by molar-refractivity contribution is 5.97. The Kier molecular flexibility index (Phi) is 3.01. The van der Waals surface area contributed by atoms with Crippen molar-refractivity contribution in [1.82, 2.24) is 0 Å². The van der Waals surface area contributed by atoms with Crippen LogP contribution in [0.2, 0.25) is 0 Å². The lowest BCUT2D eigenvalue weighted by atomic mass is 10.0. The predicted octanol–water partition coefficient (Wildman–Crippen LogP) is 2.69. The van der Waals surface area contributed by atoms with E-state index in [0.29, 0.717) is 12.1 Å². The van der Waals surface area contributed by atoms with Crippen LogP contribution in [0.3, 0.4) is 0 Å². The molecule has 2 aromatic rings. The van der Waals surface area contributed by atoms with Crippen molar-refractivity contribution in [2.24, 2.45) is 0 Å². The van der Waals surface area contributed by atoms with Crippen LogP contribution in [0.1, 0.15) is 15.9 Å². The lowest BCUT2D eigenvalue weighted by Gasteiger charge is -2.02. The molecule has 0 radical (unpaired) electrons. The van der Waals surface area contributed by atoms with Gasteiger partial charge in [0, 0.05) is 17.7 Å². The standard InChI is InChI=1S/C14H13NO/c15-13-8-4-5-11(9-13)10-14(16)12-6-2-1-3-7-12/h1-9H,10,15H2. The second-order valence-electron chi connectivity index (χ2n) is 3.71. The monoisotopic (exact) mass is 211 g/mol. The normalized spacial score (nSPS) is 10.0. The molecule has 0 heterocycles. The summed E-state index contributed by atoms with van der Waals surface area (Å²) in [6.07, 6.45) is 0.398. The van der Waals surface area contributed by atoms with Gasteiger partial charge in [-0.25, -0.2) is 0 Å². The Labute approximate surface area is 94.7 Å². The van der Waals surface area contributed by atoms with Crippen LogP contribution in [-0.2, 0) is 6.42 Å². The van der Waals surface area contributed by atoms with Crippen molar-refractivity contribution in [2.75, 3.05) is 5.73 Å². The van der Waals surface area contributed by atoms with E-state index in [2.05, 4.69) is 0 Å². The number of nitrogens with two attached hydrogens (primary N) is 1. The third kappa shape index (κ3) is 2.48. The molecule has 0 aliphatic heterocycles. The molecule has 0 aliphatic carbocycles. The minimum absolute atomic E-state index is 0.117. The maximum Gasteiger partial charge on any atom is 0.167 e. The molecule has 0 amide bonds. The quantitative estimate of drug-likeness (QED) is 0.626. The number of carbonyl (C=O) groups is 1. The molecule has 0 fully saturated rings. The van der Waals surface area contributed by atoms with Crippen molar-refractivity contribution < 1.29 is 4.79 Å². The van der Waals surface area contributed by atoms with Gasteiger partial charge in [-0.1, -0.05) is 42.5 Å². The first-order valence-electron chi connectivity index (χ1n) is 5.18. The van der Waals surface area contributed by atoms with Crippen LogP contribution in [0, 0.1) is 0 Å². The number of benzene rings is 2. The van der Waals surface area contributed by atoms with Crippen molar-refractivity contribution >= 4 is 11.5 Å². The highest BCUT2D eigenvalue weighted by Gasteiger charge is 2.05. The predicted molar refractivity (Wildman–Crippen MR) is 65.3 cm³/mol. The van der Waals surface area contributed by atoms with Gasteiger partial charge in [0.2, 0.25) is 0 Å². The maximum absolute atomic E-state index is 11.9. The zero-order valence-electron chi connectivity index (χ0n) is 8.89. The van der Waals surface area contributed by atoms with E-state index in [1.165, 1.54) is 0 Å². The summed E-state index contributed by atoms with van der Waals surface area (Å²) >= 11 is 0. The third-order valence-corrected chi connectivity index (χ3v) is 2.41. The summed E-state index contributed by atoms with van der Waals surface area (Å²) < 4.78 is 0. The molecule has 0 bridgehead atoms. The second-order valence-corrected chi connectivity index (χ2v) is 3.71. The molecule has 0 saturated heterocycles. The maximum atomic E-state index is 11.9. The lowest BCUT2D eigenvalue weighted by Crippen LogP contribution is -2.03. The molecule has 80 valence electrons. The van der Waals surface area contributed by atoms with Gasteiger partial charge in [-0.05, 0) is 17.7 Å². The van der Waals surface area contributed by atoms with Gasteiger partial charge in [-0.15, -0.1) is 0 Å². The van der Waals surface area contributed by atoms with Crippen LogP contribution in [0.4, 0.5) is 5.69 Å². The van der Waals surface area contributed by atoms with Crippen molar-refractivity contribution in [1.29, 1.82) is 0 Å². The molecular formula is C14H13NO. The summed E-state index contributed by atoms with van der Waals surface area (Å²) in [5.74, 6) is 0.117. The first-order chi connectivity index (χ1) is 7.75. The summed E-state index contributed by atoms with van der Waals surface area (Å²) in [5, 5.41) is 0. The zero-order valence-corrected chi connectivity index (χ0v) is 8.89. The Morgan fingerprint density at radius 3 is 2.44 bits per heavy atom. The molecule has 0 spiro atoms. The summed E-state index contributed by atoms with van der Waals surface area (Å²) in [4.78, 5) is 11.9. The van der Waals surface area contributed by atoms with Crippen LogP contribution in [0.5, 0.6) is 0 Å². The van der Waals surface area contributed by atoms with E-state index in [1.54, 1.807) is 0 Å². The summed E-state index contributed by atoms with van der Waals surface area (Å²) in [7, 11) is 0. The first-order valence-corrected chi connectivity index (χ1v) is 5.18. The summed E-state index contributed by atoms with van der Waals surface area (Å²) in [5.41, 5.74) is 8.05. The molecule has 0 aromatic heterocycles. The summed E-state index contributed by atoms with van der Waals surface area (Å²) in [6, 6.07) is 16.7. The van der Waals surface area contributed by atoms with Gasteiger partial charge < -0.3 is 5.73 Å². The number of ketones is 1. The summed E-state index contributed by atoms with van der Waals surface area (Å²) in [6.45, 7) is 0. The Balaban J connectivity index is 2.14. The van der Waals surface area contributed by atoms with Crippen molar-refractivity contribution in [3.05, 3.63) is 65.7 Å². The topological polar surface area (TPSA) is 43.1 Å². The number of hydrogen-bond acceptors (Lipinski definition) is 2.